The first-order chi connectivity index (χ1) is 10.6. The highest BCUT2D eigenvalue weighted by Gasteiger charge is 2.55. The molecule has 4 atom stereocenters. The zero-order valence-electron chi connectivity index (χ0n) is 13.6. The van der Waals surface area contributed by atoms with Crippen molar-refractivity contribution >= 4 is 11.3 Å². The molecule has 22 heavy (non-hydrogen) atoms. The molecule has 3 aliphatic carbocycles. The van der Waals surface area contributed by atoms with Crippen LogP contribution in [0.5, 0.6) is 0 Å². The van der Waals surface area contributed by atoms with Crippen LogP contribution in [0, 0.1) is 23.2 Å². The molecule has 0 aliphatic heterocycles. The first kappa shape index (κ1) is 14.5. The van der Waals surface area contributed by atoms with Crippen LogP contribution in [-0.2, 0) is 6.54 Å². The number of rotatable bonds is 4. The average Bonchev–Trinajstić information content (AvgIpc) is 3.16. The molecular weight excluding hydrogens is 290 g/mol. The zero-order chi connectivity index (χ0) is 15.3. The Balaban J connectivity index is 1.38. The summed E-state index contributed by atoms with van der Waals surface area (Å²) in [6.07, 6.45) is 4.75. The third kappa shape index (κ3) is 2.24. The van der Waals surface area contributed by atoms with Crippen LogP contribution >= 0.6 is 11.3 Å². The molecule has 0 amide bonds. The van der Waals surface area contributed by atoms with Crippen molar-refractivity contribution in [3.63, 3.8) is 0 Å². The molecular formula is C18H25N3S. The molecule has 2 bridgehead atoms. The number of hydrogen-bond donors (Lipinski definition) is 2. The molecule has 0 radical (unpaired) electrons. The van der Waals surface area contributed by atoms with E-state index in [9.17, 15) is 0 Å². The van der Waals surface area contributed by atoms with Gasteiger partial charge in [-0.3, -0.25) is 0 Å². The largest absolute Gasteiger partial charge is 0.340 e. The highest BCUT2D eigenvalue weighted by atomic mass is 32.1. The van der Waals surface area contributed by atoms with Gasteiger partial charge < -0.3 is 10.3 Å². The van der Waals surface area contributed by atoms with E-state index in [-0.39, 0.29) is 0 Å². The Kier molecular flexibility index (Phi) is 3.42. The number of thiophene rings is 1. The van der Waals surface area contributed by atoms with E-state index < -0.39 is 0 Å². The van der Waals surface area contributed by atoms with Gasteiger partial charge in [0.1, 0.15) is 5.82 Å². The van der Waals surface area contributed by atoms with E-state index in [4.69, 9.17) is 0 Å². The quantitative estimate of drug-likeness (QED) is 0.883. The number of H-pyrrole nitrogens is 1. The van der Waals surface area contributed by atoms with Gasteiger partial charge in [-0.15, -0.1) is 11.3 Å². The molecule has 2 aromatic heterocycles. The molecule has 2 heterocycles. The smallest absolute Gasteiger partial charge is 0.147 e. The van der Waals surface area contributed by atoms with Gasteiger partial charge in [0.25, 0.3) is 0 Å². The maximum Gasteiger partial charge on any atom is 0.147 e. The van der Waals surface area contributed by atoms with Gasteiger partial charge in [0.2, 0.25) is 0 Å². The van der Waals surface area contributed by atoms with E-state index in [0.717, 1.165) is 30.1 Å². The Morgan fingerprint density at radius 1 is 1.41 bits per heavy atom. The van der Waals surface area contributed by atoms with Gasteiger partial charge in [0, 0.05) is 24.5 Å². The van der Waals surface area contributed by atoms with Gasteiger partial charge in [0.05, 0.1) is 4.88 Å². The number of aromatic nitrogens is 2. The minimum atomic E-state index is 0.567. The molecule has 118 valence electrons. The van der Waals surface area contributed by atoms with Crippen molar-refractivity contribution in [2.75, 3.05) is 0 Å². The van der Waals surface area contributed by atoms with Crippen molar-refractivity contribution < 1.29 is 0 Å². The lowest BCUT2D eigenvalue weighted by molar-refractivity contribution is -0.115. The summed E-state index contributed by atoms with van der Waals surface area (Å²) in [5, 5.41) is 5.87. The van der Waals surface area contributed by atoms with Crippen LogP contribution in [0.3, 0.4) is 0 Å². The molecule has 0 saturated heterocycles. The average molecular weight is 315 g/mol. The van der Waals surface area contributed by atoms with Gasteiger partial charge in [-0.05, 0) is 47.5 Å². The van der Waals surface area contributed by atoms with Crippen molar-refractivity contribution in [1.29, 1.82) is 0 Å². The van der Waals surface area contributed by atoms with E-state index in [1.165, 1.54) is 23.4 Å². The number of hydrogen-bond acceptors (Lipinski definition) is 3. The van der Waals surface area contributed by atoms with Crippen LogP contribution in [0.2, 0.25) is 0 Å². The van der Waals surface area contributed by atoms with Gasteiger partial charge in [0.15, 0.2) is 0 Å². The SMILES string of the molecule is C[C@@H]1[C@H]2C[C@@H](C[C@H]1NCc1cnc(-c3cccs3)[nH]1)C2(C)C. The van der Waals surface area contributed by atoms with Crippen LogP contribution < -0.4 is 5.32 Å². The number of imidazole rings is 1. The van der Waals surface area contributed by atoms with E-state index >= 15 is 0 Å². The summed E-state index contributed by atoms with van der Waals surface area (Å²) in [5.74, 6) is 3.58. The summed E-state index contributed by atoms with van der Waals surface area (Å²) in [6.45, 7) is 8.25. The summed E-state index contributed by atoms with van der Waals surface area (Å²) in [7, 11) is 0. The van der Waals surface area contributed by atoms with E-state index in [1.807, 2.05) is 6.20 Å². The van der Waals surface area contributed by atoms with Crippen LogP contribution in [0.25, 0.3) is 10.7 Å². The Morgan fingerprint density at radius 3 is 2.95 bits per heavy atom. The molecule has 2 aromatic rings. The lowest BCUT2D eigenvalue weighted by Gasteiger charge is -2.62. The summed E-state index contributed by atoms with van der Waals surface area (Å²) < 4.78 is 0. The third-order valence-electron chi connectivity index (χ3n) is 6.29. The Hall–Kier alpha value is -1.13. The molecule has 3 nitrogen and oxygen atoms in total. The molecule has 5 rings (SSSR count). The van der Waals surface area contributed by atoms with Crippen molar-refractivity contribution in [1.82, 2.24) is 15.3 Å². The van der Waals surface area contributed by atoms with Gasteiger partial charge in [-0.2, -0.15) is 0 Å². The molecule has 4 heteroatoms. The van der Waals surface area contributed by atoms with Crippen LogP contribution in [-0.4, -0.2) is 16.0 Å². The number of nitrogens with zero attached hydrogens (tertiary/aromatic N) is 1. The highest BCUT2D eigenvalue weighted by molar-refractivity contribution is 7.13. The summed E-state index contributed by atoms with van der Waals surface area (Å²) >= 11 is 1.73. The van der Waals surface area contributed by atoms with Crippen molar-refractivity contribution in [2.45, 2.75) is 46.2 Å². The van der Waals surface area contributed by atoms with Gasteiger partial charge >= 0.3 is 0 Å². The van der Waals surface area contributed by atoms with Crippen LogP contribution in [0.4, 0.5) is 0 Å². The molecule has 0 spiro atoms. The maximum absolute atomic E-state index is 4.50. The van der Waals surface area contributed by atoms with Crippen molar-refractivity contribution in [3.8, 4) is 10.7 Å². The normalized spacial score (nSPS) is 32.7. The lowest BCUT2D eigenvalue weighted by atomic mass is 9.45. The van der Waals surface area contributed by atoms with Crippen LogP contribution in [0.15, 0.2) is 23.7 Å². The minimum absolute atomic E-state index is 0.567. The highest BCUT2D eigenvalue weighted by Crippen LogP contribution is 2.61. The molecule has 3 saturated carbocycles. The fraction of sp³-hybridized carbons (Fsp3) is 0.611. The topological polar surface area (TPSA) is 40.7 Å². The number of fused-ring (bicyclic) bond motifs is 2. The standard InChI is InChI=1S/C18H25N3S/c1-11-14-7-12(18(14,2)3)8-15(11)19-9-13-10-20-17(21-13)16-5-4-6-22-16/h4-6,10-12,14-15,19H,7-9H2,1-3H3,(H,20,21)/t11-,12+,14-,15-/m1/s1. The van der Waals surface area contributed by atoms with Crippen LogP contribution in [0.1, 0.15) is 39.3 Å². The predicted molar refractivity (Wildman–Crippen MR) is 91.7 cm³/mol. The van der Waals surface area contributed by atoms with Gasteiger partial charge in [-0.25, -0.2) is 4.98 Å². The lowest BCUT2D eigenvalue weighted by Crippen LogP contribution is -2.59. The number of aromatic amines is 1. The second-order valence-electron chi connectivity index (χ2n) is 7.68. The van der Waals surface area contributed by atoms with Gasteiger partial charge in [-0.1, -0.05) is 26.8 Å². The number of nitrogens with one attached hydrogen (secondary N) is 2. The van der Waals surface area contributed by atoms with Crippen molar-refractivity contribution in [3.05, 3.63) is 29.4 Å². The maximum atomic E-state index is 4.50. The fourth-order valence-electron chi connectivity index (χ4n) is 4.65. The van der Waals surface area contributed by atoms with E-state index in [2.05, 4.69) is 53.6 Å². The summed E-state index contributed by atoms with van der Waals surface area (Å²) in [4.78, 5) is 9.16. The minimum Gasteiger partial charge on any atom is -0.340 e. The predicted octanol–water partition coefficient (Wildman–Crippen LogP) is 4.30. The van der Waals surface area contributed by atoms with E-state index in [1.54, 1.807) is 11.3 Å². The molecule has 3 aliphatic rings. The third-order valence-corrected chi connectivity index (χ3v) is 7.17. The molecule has 0 unspecified atom stereocenters. The first-order valence-electron chi connectivity index (χ1n) is 8.37. The van der Waals surface area contributed by atoms with Crippen molar-refractivity contribution in [2.24, 2.45) is 23.2 Å². The molecule has 2 N–H and O–H groups in total. The first-order valence-corrected chi connectivity index (χ1v) is 9.25. The summed E-state index contributed by atoms with van der Waals surface area (Å²) in [5.41, 5.74) is 1.76. The monoisotopic (exact) mass is 315 g/mol. The molecule has 3 fully saturated rings. The van der Waals surface area contributed by atoms with E-state index in [0.29, 0.717) is 11.5 Å². The second-order valence-corrected chi connectivity index (χ2v) is 8.62. The Bertz CT molecular complexity index is 643. The Labute approximate surface area is 136 Å². The second kappa shape index (κ2) is 5.20. The fourth-order valence-corrected chi connectivity index (χ4v) is 5.32. The zero-order valence-corrected chi connectivity index (χ0v) is 14.4. The molecule has 0 aromatic carbocycles. The Morgan fingerprint density at radius 2 is 2.27 bits per heavy atom. The summed E-state index contributed by atoms with van der Waals surface area (Å²) in [6, 6.07) is 4.84.